The Balaban J connectivity index is 1.31. The Morgan fingerprint density at radius 2 is 1.70 bits per heavy atom. The molecule has 27 heavy (non-hydrogen) atoms. The van der Waals surface area contributed by atoms with Crippen LogP contribution in [0.25, 0.3) is 0 Å². The van der Waals surface area contributed by atoms with Gasteiger partial charge in [0.1, 0.15) is 0 Å². The van der Waals surface area contributed by atoms with Crippen LogP contribution in [0.3, 0.4) is 0 Å². The van der Waals surface area contributed by atoms with E-state index in [-0.39, 0.29) is 23.6 Å². The van der Waals surface area contributed by atoms with Crippen molar-refractivity contribution < 1.29 is 14.4 Å². The summed E-state index contributed by atoms with van der Waals surface area (Å²) in [6.45, 7) is 4.98. The molecule has 0 aromatic rings. The van der Waals surface area contributed by atoms with Crippen molar-refractivity contribution in [3.63, 3.8) is 0 Å². The number of carbonyl (C=O) groups excluding carboxylic acids is 3. The van der Waals surface area contributed by atoms with Crippen molar-refractivity contribution in [2.24, 2.45) is 11.8 Å². The van der Waals surface area contributed by atoms with Gasteiger partial charge in [0.2, 0.25) is 17.7 Å². The summed E-state index contributed by atoms with van der Waals surface area (Å²) in [5, 5.41) is 5.95. The van der Waals surface area contributed by atoms with Crippen molar-refractivity contribution in [3.05, 3.63) is 12.7 Å². The Labute approximate surface area is 162 Å². The van der Waals surface area contributed by atoms with Crippen LogP contribution in [0.1, 0.15) is 64.2 Å². The molecule has 2 saturated heterocycles. The lowest BCUT2D eigenvalue weighted by molar-refractivity contribution is -0.136. The summed E-state index contributed by atoms with van der Waals surface area (Å²) >= 11 is 0. The second-order valence-corrected chi connectivity index (χ2v) is 8.32. The van der Waals surface area contributed by atoms with E-state index in [4.69, 9.17) is 0 Å². The Hall–Kier alpha value is -1.85. The van der Waals surface area contributed by atoms with E-state index in [1.807, 2.05) is 0 Å². The van der Waals surface area contributed by atoms with Gasteiger partial charge in [0.05, 0.1) is 0 Å². The van der Waals surface area contributed by atoms with Gasteiger partial charge >= 0.3 is 0 Å². The summed E-state index contributed by atoms with van der Waals surface area (Å²) in [4.78, 5) is 38.1. The standard InChI is InChI=1S/C21H33N3O3/c1-2-3-6-20(26)24-17-9-10-18(24)13-15(12-17)14-23-19(25)5-4-11-22-21(27)16-7-8-16/h2,15-18H,1,3-14H2,(H,22,27)(H,23,25)/t15?,17-,18+. The van der Waals surface area contributed by atoms with Crippen LogP contribution in [0.5, 0.6) is 0 Å². The number of hydrogen-bond acceptors (Lipinski definition) is 3. The average molecular weight is 376 g/mol. The molecule has 1 aliphatic carbocycles. The third-order valence-corrected chi connectivity index (χ3v) is 6.10. The maximum Gasteiger partial charge on any atom is 0.223 e. The first kappa shape index (κ1) is 19.9. The van der Waals surface area contributed by atoms with Gasteiger partial charge in [-0.2, -0.15) is 0 Å². The van der Waals surface area contributed by atoms with Crippen LogP contribution in [0, 0.1) is 11.8 Å². The highest BCUT2D eigenvalue weighted by Gasteiger charge is 2.42. The zero-order valence-corrected chi connectivity index (χ0v) is 16.3. The minimum Gasteiger partial charge on any atom is -0.356 e. The molecule has 0 aromatic heterocycles. The first-order valence-corrected chi connectivity index (χ1v) is 10.5. The van der Waals surface area contributed by atoms with Crippen molar-refractivity contribution in [1.29, 1.82) is 0 Å². The fraction of sp³-hybridized carbons (Fsp3) is 0.762. The predicted octanol–water partition coefficient (Wildman–Crippen LogP) is 2.14. The van der Waals surface area contributed by atoms with E-state index in [0.717, 1.165) is 44.9 Å². The Morgan fingerprint density at radius 1 is 1.00 bits per heavy atom. The number of fused-ring (bicyclic) bond motifs is 2. The zero-order valence-electron chi connectivity index (χ0n) is 16.3. The van der Waals surface area contributed by atoms with Gasteiger partial charge in [0, 0.05) is 43.9 Å². The smallest absolute Gasteiger partial charge is 0.223 e. The van der Waals surface area contributed by atoms with Crippen molar-refractivity contribution in [1.82, 2.24) is 15.5 Å². The van der Waals surface area contributed by atoms with E-state index in [2.05, 4.69) is 22.1 Å². The van der Waals surface area contributed by atoms with E-state index < -0.39 is 0 Å². The lowest BCUT2D eigenvalue weighted by atomic mass is 9.90. The predicted molar refractivity (Wildman–Crippen MR) is 104 cm³/mol. The molecular formula is C21H33N3O3. The molecule has 0 spiro atoms. The van der Waals surface area contributed by atoms with Gasteiger partial charge in [-0.15, -0.1) is 6.58 Å². The average Bonchev–Trinajstić information content (AvgIpc) is 3.47. The van der Waals surface area contributed by atoms with Gasteiger partial charge in [0.15, 0.2) is 0 Å². The van der Waals surface area contributed by atoms with E-state index >= 15 is 0 Å². The molecule has 3 rings (SSSR count). The number of carbonyl (C=O) groups is 3. The van der Waals surface area contributed by atoms with Crippen molar-refractivity contribution in [2.75, 3.05) is 13.1 Å². The summed E-state index contributed by atoms with van der Waals surface area (Å²) in [6.07, 6.45) is 10.4. The number of allylic oxidation sites excluding steroid dienone is 1. The highest BCUT2D eigenvalue weighted by molar-refractivity contribution is 5.81. The van der Waals surface area contributed by atoms with Gasteiger partial charge in [-0.25, -0.2) is 0 Å². The van der Waals surface area contributed by atoms with Gasteiger partial charge in [0.25, 0.3) is 0 Å². The fourth-order valence-electron chi connectivity index (χ4n) is 4.52. The maximum atomic E-state index is 12.4. The normalized spacial score (nSPS) is 26.5. The number of nitrogens with one attached hydrogen (secondary N) is 2. The lowest BCUT2D eigenvalue weighted by Crippen LogP contribution is -2.48. The molecule has 2 aliphatic heterocycles. The Kier molecular flexibility index (Phi) is 6.91. The van der Waals surface area contributed by atoms with Gasteiger partial charge < -0.3 is 15.5 Å². The molecule has 0 radical (unpaired) electrons. The topological polar surface area (TPSA) is 78.5 Å². The number of nitrogens with zero attached hydrogens (tertiary/aromatic N) is 1. The Bertz CT molecular complexity index is 559. The Morgan fingerprint density at radius 3 is 2.33 bits per heavy atom. The van der Waals surface area contributed by atoms with Crippen LogP contribution >= 0.6 is 0 Å². The van der Waals surface area contributed by atoms with Gasteiger partial charge in [-0.05, 0) is 57.3 Å². The first-order valence-electron chi connectivity index (χ1n) is 10.5. The minimum absolute atomic E-state index is 0.0625. The monoisotopic (exact) mass is 375 g/mol. The van der Waals surface area contributed by atoms with E-state index in [0.29, 0.717) is 50.4 Å². The second-order valence-electron chi connectivity index (χ2n) is 8.32. The van der Waals surface area contributed by atoms with Crippen LogP contribution in [0.4, 0.5) is 0 Å². The van der Waals surface area contributed by atoms with Crippen molar-refractivity contribution in [3.8, 4) is 0 Å². The molecule has 0 aromatic carbocycles. The molecule has 3 fully saturated rings. The third kappa shape index (κ3) is 5.56. The molecule has 1 saturated carbocycles. The molecule has 3 atom stereocenters. The van der Waals surface area contributed by atoms with Crippen LogP contribution in [-0.2, 0) is 14.4 Å². The van der Waals surface area contributed by atoms with E-state index in [1.54, 1.807) is 6.08 Å². The summed E-state index contributed by atoms with van der Waals surface area (Å²) in [6, 6.07) is 0.696. The number of piperidine rings is 1. The molecule has 2 heterocycles. The van der Waals surface area contributed by atoms with Crippen molar-refractivity contribution >= 4 is 17.7 Å². The van der Waals surface area contributed by atoms with Crippen LogP contribution in [0.15, 0.2) is 12.7 Å². The minimum atomic E-state index is 0.0625. The second kappa shape index (κ2) is 9.38. The SMILES string of the molecule is C=CCCC(=O)N1[C@@H]2CC[C@H]1CC(CNC(=O)CCCNC(=O)C1CC1)C2. The highest BCUT2D eigenvalue weighted by atomic mass is 16.2. The molecule has 2 bridgehead atoms. The summed E-state index contributed by atoms with van der Waals surface area (Å²) in [5.74, 6) is 1.15. The fourth-order valence-corrected chi connectivity index (χ4v) is 4.52. The largest absolute Gasteiger partial charge is 0.356 e. The molecule has 2 N–H and O–H groups in total. The number of rotatable bonds is 10. The molecule has 3 amide bonds. The van der Waals surface area contributed by atoms with E-state index in [9.17, 15) is 14.4 Å². The zero-order chi connectivity index (χ0) is 19.2. The number of amides is 3. The van der Waals surface area contributed by atoms with Gasteiger partial charge in [-0.1, -0.05) is 6.08 Å². The molecule has 150 valence electrons. The summed E-state index contributed by atoms with van der Waals surface area (Å²) in [5.41, 5.74) is 0. The number of hydrogen-bond donors (Lipinski definition) is 2. The van der Waals surface area contributed by atoms with Gasteiger partial charge in [-0.3, -0.25) is 14.4 Å². The highest BCUT2D eigenvalue weighted by Crippen LogP contribution is 2.39. The molecule has 3 aliphatic rings. The van der Waals surface area contributed by atoms with Crippen LogP contribution < -0.4 is 10.6 Å². The van der Waals surface area contributed by atoms with Crippen LogP contribution in [-0.4, -0.2) is 47.8 Å². The molecule has 1 unspecified atom stereocenters. The molecule has 6 nitrogen and oxygen atoms in total. The first-order chi connectivity index (χ1) is 13.1. The molecular weight excluding hydrogens is 342 g/mol. The van der Waals surface area contributed by atoms with Crippen molar-refractivity contribution in [2.45, 2.75) is 76.3 Å². The summed E-state index contributed by atoms with van der Waals surface area (Å²) < 4.78 is 0. The molecule has 6 heteroatoms. The lowest BCUT2D eigenvalue weighted by Gasteiger charge is -2.39. The van der Waals surface area contributed by atoms with Crippen LogP contribution in [0.2, 0.25) is 0 Å². The quantitative estimate of drug-likeness (QED) is 0.454. The third-order valence-electron chi connectivity index (χ3n) is 6.10. The van der Waals surface area contributed by atoms with E-state index in [1.165, 1.54) is 0 Å². The summed E-state index contributed by atoms with van der Waals surface area (Å²) in [7, 11) is 0. The maximum absolute atomic E-state index is 12.4.